The van der Waals surface area contributed by atoms with Gasteiger partial charge in [-0.1, -0.05) is 0 Å². The lowest BCUT2D eigenvalue weighted by molar-refractivity contribution is -0.149. The number of hydrogen-bond acceptors (Lipinski definition) is 2. The van der Waals surface area contributed by atoms with E-state index in [1.165, 1.54) is 19.3 Å². The van der Waals surface area contributed by atoms with Crippen LogP contribution in [-0.2, 0) is 4.79 Å². The molecule has 1 heterocycles. The Morgan fingerprint density at radius 2 is 2.00 bits per heavy atom. The summed E-state index contributed by atoms with van der Waals surface area (Å²) in [7, 11) is 0. The lowest BCUT2D eigenvalue weighted by atomic mass is 9.40. The third-order valence-electron chi connectivity index (χ3n) is 4.38. The molecule has 2 bridgehead atoms. The second kappa shape index (κ2) is 3.11. The average molecular weight is 218 g/mol. The monoisotopic (exact) mass is 217 g/mol. The van der Waals surface area contributed by atoms with Gasteiger partial charge in [0.05, 0.1) is 0 Å². The molecular formula is C10H16ClNO2. The summed E-state index contributed by atoms with van der Waals surface area (Å²) in [4.78, 5) is 10.7. The largest absolute Gasteiger partial charge is 0.480 e. The maximum Gasteiger partial charge on any atom is 0.320 e. The molecule has 1 saturated heterocycles. The van der Waals surface area contributed by atoms with Crippen molar-refractivity contribution < 1.29 is 9.90 Å². The van der Waals surface area contributed by atoms with Crippen LogP contribution in [0.15, 0.2) is 0 Å². The Labute approximate surface area is 89.7 Å². The zero-order valence-electron chi connectivity index (χ0n) is 8.03. The molecule has 0 aromatic heterocycles. The van der Waals surface area contributed by atoms with Crippen LogP contribution in [0.5, 0.6) is 0 Å². The highest BCUT2D eigenvalue weighted by atomic mass is 35.5. The molecule has 4 aliphatic rings. The molecule has 4 heteroatoms. The molecule has 4 rings (SSSR count). The van der Waals surface area contributed by atoms with Crippen LogP contribution < -0.4 is 5.32 Å². The fraction of sp³-hybridized carbons (Fsp3) is 0.900. The van der Waals surface area contributed by atoms with Gasteiger partial charge in [-0.25, -0.2) is 0 Å². The number of nitrogens with one attached hydrogen (secondary N) is 1. The number of halogens is 1. The van der Waals surface area contributed by atoms with Crippen molar-refractivity contribution in [1.29, 1.82) is 0 Å². The highest BCUT2D eigenvalue weighted by Crippen LogP contribution is 2.69. The average Bonchev–Trinajstić information content (AvgIpc) is 2.28. The Morgan fingerprint density at radius 3 is 2.36 bits per heavy atom. The number of carbonyl (C=O) groups is 1. The molecule has 0 spiro atoms. The molecule has 2 atom stereocenters. The van der Waals surface area contributed by atoms with Crippen LogP contribution in [0.25, 0.3) is 0 Å². The zero-order valence-corrected chi connectivity index (χ0v) is 8.85. The van der Waals surface area contributed by atoms with Crippen molar-refractivity contribution in [2.45, 2.75) is 31.7 Å². The van der Waals surface area contributed by atoms with Gasteiger partial charge in [0.15, 0.2) is 0 Å². The second-order valence-electron chi connectivity index (χ2n) is 5.07. The number of hydrogen-bond donors (Lipinski definition) is 2. The Morgan fingerprint density at radius 1 is 1.36 bits per heavy atom. The molecule has 3 nitrogen and oxygen atoms in total. The van der Waals surface area contributed by atoms with Gasteiger partial charge >= 0.3 is 5.97 Å². The molecule has 1 unspecified atom stereocenters. The highest BCUT2D eigenvalue weighted by molar-refractivity contribution is 5.85. The van der Waals surface area contributed by atoms with Gasteiger partial charge in [0, 0.05) is 0 Å². The van der Waals surface area contributed by atoms with Crippen LogP contribution >= 0.6 is 12.4 Å². The summed E-state index contributed by atoms with van der Waals surface area (Å²) in [5.74, 6) is 0.983. The number of carboxylic acid groups (broad SMARTS) is 1. The molecule has 4 fully saturated rings. The quantitative estimate of drug-likeness (QED) is 0.733. The Bertz CT molecular complexity index is 252. The highest BCUT2D eigenvalue weighted by Gasteiger charge is 2.61. The van der Waals surface area contributed by atoms with Gasteiger partial charge in [-0.2, -0.15) is 0 Å². The van der Waals surface area contributed by atoms with E-state index < -0.39 is 5.97 Å². The molecule has 0 aromatic rings. The summed E-state index contributed by atoms with van der Waals surface area (Å²) in [6.45, 7) is 0.934. The van der Waals surface area contributed by atoms with Crippen LogP contribution in [0.1, 0.15) is 25.7 Å². The van der Waals surface area contributed by atoms with E-state index in [1.54, 1.807) is 0 Å². The molecule has 0 amide bonds. The first-order valence-corrected chi connectivity index (χ1v) is 5.16. The van der Waals surface area contributed by atoms with Crippen LogP contribution in [0.3, 0.4) is 0 Å². The van der Waals surface area contributed by atoms with Gasteiger partial charge in [0.25, 0.3) is 0 Å². The molecule has 14 heavy (non-hydrogen) atoms. The van der Waals surface area contributed by atoms with Crippen molar-refractivity contribution in [3.05, 3.63) is 0 Å². The van der Waals surface area contributed by atoms with Crippen molar-refractivity contribution in [3.63, 3.8) is 0 Å². The van der Waals surface area contributed by atoms with E-state index in [-0.39, 0.29) is 18.4 Å². The van der Waals surface area contributed by atoms with Crippen molar-refractivity contribution in [3.8, 4) is 0 Å². The molecule has 0 radical (unpaired) electrons. The number of aliphatic carboxylic acids is 1. The first kappa shape index (κ1) is 10.2. The molecule has 1 aliphatic heterocycles. The maximum absolute atomic E-state index is 10.7. The molecular weight excluding hydrogens is 202 g/mol. The summed E-state index contributed by atoms with van der Waals surface area (Å²) >= 11 is 0. The van der Waals surface area contributed by atoms with Crippen LogP contribution in [0.2, 0.25) is 0 Å². The normalized spacial score (nSPS) is 48.7. The van der Waals surface area contributed by atoms with E-state index in [2.05, 4.69) is 5.32 Å². The first-order valence-electron chi connectivity index (χ1n) is 5.16. The van der Waals surface area contributed by atoms with E-state index in [9.17, 15) is 4.79 Å². The van der Waals surface area contributed by atoms with Gasteiger partial charge in [-0.05, 0) is 49.5 Å². The topological polar surface area (TPSA) is 49.3 Å². The minimum absolute atomic E-state index is 0. The Kier molecular flexibility index (Phi) is 2.27. The van der Waals surface area contributed by atoms with Gasteiger partial charge in [0.2, 0.25) is 0 Å². The molecule has 3 saturated carbocycles. The van der Waals surface area contributed by atoms with E-state index >= 15 is 0 Å². The molecule has 3 aliphatic carbocycles. The third-order valence-corrected chi connectivity index (χ3v) is 4.38. The lowest BCUT2D eigenvalue weighted by Crippen LogP contribution is -2.56. The maximum atomic E-state index is 10.7. The summed E-state index contributed by atoms with van der Waals surface area (Å²) in [6.07, 6.45) is 5.01. The summed E-state index contributed by atoms with van der Waals surface area (Å²) in [6, 6.07) is -0.265. The van der Waals surface area contributed by atoms with Crippen molar-refractivity contribution in [2.75, 3.05) is 6.54 Å². The molecule has 2 N–H and O–H groups in total. The molecule has 0 aromatic carbocycles. The third kappa shape index (κ3) is 1.18. The smallest absolute Gasteiger partial charge is 0.320 e. The van der Waals surface area contributed by atoms with Crippen molar-refractivity contribution >= 4 is 18.4 Å². The van der Waals surface area contributed by atoms with Crippen LogP contribution in [-0.4, -0.2) is 23.7 Å². The number of rotatable bonds is 2. The standard InChI is InChI=1S/C10H15NO2.ClH/c12-9(13)8-1-7(5-11-8)10-2-6(3-10)4-10;/h6-8,11H,1-5H2,(H,12,13);1H/t6?,7?,8-,10?;/m0./s1. The fourth-order valence-corrected chi connectivity index (χ4v) is 3.44. The second-order valence-corrected chi connectivity index (χ2v) is 5.07. The van der Waals surface area contributed by atoms with Gasteiger partial charge in [0.1, 0.15) is 6.04 Å². The zero-order chi connectivity index (χ0) is 9.05. The van der Waals surface area contributed by atoms with Crippen LogP contribution in [0.4, 0.5) is 0 Å². The summed E-state index contributed by atoms with van der Waals surface area (Å²) in [5.41, 5.74) is 0.585. The van der Waals surface area contributed by atoms with Crippen molar-refractivity contribution in [1.82, 2.24) is 5.32 Å². The Hall–Kier alpha value is -0.280. The van der Waals surface area contributed by atoms with E-state index in [1.807, 2.05) is 0 Å². The van der Waals surface area contributed by atoms with Crippen LogP contribution in [0, 0.1) is 17.3 Å². The SMILES string of the molecule is Cl.O=C(O)[C@@H]1CC(C23CC(C2)C3)CN1. The minimum atomic E-state index is -0.672. The number of carboxylic acids is 1. The predicted molar refractivity (Wildman–Crippen MR) is 54.6 cm³/mol. The fourth-order valence-electron chi connectivity index (χ4n) is 3.44. The van der Waals surface area contributed by atoms with Gasteiger partial charge < -0.3 is 10.4 Å². The molecule has 80 valence electrons. The van der Waals surface area contributed by atoms with Crippen molar-refractivity contribution in [2.24, 2.45) is 17.3 Å². The van der Waals surface area contributed by atoms with E-state index in [0.29, 0.717) is 11.3 Å². The van der Waals surface area contributed by atoms with Gasteiger partial charge in [-0.15, -0.1) is 12.4 Å². The lowest BCUT2D eigenvalue weighted by Gasteiger charge is -2.65. The van der Waals surface area contributed by atoms with E-state index in [0.717, 1.165) is 18.9 Å². The van der Waals surface area contributed by atoms with Gasteiger partial charge in [-0.3, -0.25) is 4.79 Å². The predicted octanol–water partition coefficient (Wildman–Crippen LogP) is 1.27. The minimum Gasteiger partial charge on any atom is -0.480 e. The summed E-state index contributed by atoms with van der Waals surface area (Å²) < 4.78 is 0. The van der Waals surface area contributed by atoms with E-state index in [4.69, 9.17) is 5.11 Å². The summed E-state index contributed by atoms with van der Waals surface area (Å²) in [5, 5.41) is 11.9. The first-order chi connectivity index (χ1) is 6.20. The Balaban J connectivity index is 0.000000750.